The number of carbonyl (C=O) groups excluding carboxylic acids is 1. The molecule has 3 N–H and O–H groups in total. The molecule has 0 aliphatic heterocycles. The number of nitrogens with one attached hydrogen (secondary N) is 1. The number of aryl methyl sites for hydroxylation is 2. The fourth-order valence-electron chi connectivity index (χ4n) is 2.84. The van der Waals surface area contributed by atoms with Crippen LogP contribution in [0.15, 0.2) is 4.52 Å². The third kappa shape index (κ3) is 5.16. The zero-order chi connectivity index (χ0) is 16.0. The molecule has 0 radical (unpaired) electrons. The van der Waals surface area contributed by atoms with Gasteiger partial charge < -0.3 is 15.6 Å². The minimum absolute atomic E-state index is 0.0734. The van der Waals surface area contributed by atoms with Crippen LogP contribution < -0.4 is 11.1 Å². The lowest BCUT2D eigenvalue weighted by atomic mass is 9.88. The first kappa shape index (κ1) is 17.7. The van der Waals surface area contributed by atoms with Crippen molar-refractivity contribution in [1.29, 1.82) is 0 Å². The van der Waals surface area contributed by atoms with E-state index in [1.165, 1.54) is 0 Å². The van der Waals surface area contributed by atoms with Crippen LogP contribution in [-0.4, -0.2) is 17.6 Å². The van der Waals surface area contributed by atoms with Crippen molar-refractivity contribution in [3.05, 3.63) is 17.0 Å². The molecule has 1 aromatic heterocycles. The van der Waals surface area contributed by atoms with Crippen LogP contribution in [0.1, 0.15) is 63.1 Å². The normalized spacial score (nSPS) is 14.2. The van der Waals surface area contributed by atoms with Crippen molar-refractivity contribution in [2.24, 2.45) is 17.6 Å². The number of carbonyl (C=O) groups is 1. The Kier molecular flexibility index (Phi) is 6.89. The smallest absolute Gasteiger partial charge is 0.220 e. The lowest BCUT2D eigenvalue weighted by molar-refractivity contribution is -0.122. The molecule has 21 heavy (non-hydrogen) atoms. The Hall–Kier alpha value is -1.36. The van der Waals surface area contributed by atoms with Crippen molar-refractivity contribution in [3.63, 3.8) is 0 Å². The lowest BCUT2D eigenvalue weighted by Gasteiger charge is -2.20. The summed E-state index contributed by atoms with van der Waals surface area (Å²) in [5.41, 5.74) is 7.45. The summed E-state index contributed by atoms with van der Waals surface area (Å²) in [6.07, 6.45) is 2.40. The highest BCUT2D eigenvalue weighted by atomic mass is 16.5. The van der Waals surface area contributed by atoms with E-state index >= 15 is 0 Å². The van der Waals surface area contributed by atoms with Gasteiger partial charge in [-0.1, -0.05) is 19.0 Å². The van der Waals surface area contributed by atoms with Crippen LogP contribution in [0.5, 0.6) is 0 Å². The van der Waals surface area contributed by atoms with Gasteiger partial charge in [0.25, 0.3) is 0 Å². The van der Waals surface area contributed by atoms with Crippen molar-refractivity contribution >= 4 is 5.91 Å². The van der Waals surface area contributed by atoms with Gasteiger partial charge in [0, 0.05) is 12.0 Å². The highest BCUT2D eigenvalue weighted by molar-refractivity contribution is 5.76. The molecule has 0 bridgehead atoms. The van der Waals surface area contributed by atoms with Crippen molar-refractivity contribution in [2.45, 2.75) is 59.9 Å². The average molecular weight is 295 g/mol. The van der Waals surface area contributed by atoms with Crippen LogP contribution >= 0.6 is 0 Å². The number of nitrogens with two attached hydrogens (primary N) is 1. The fourth-order valence-corrected chi connectivity index (χ4v) is 2.84. The van der Waals surface area contributed by atoms with Gasteiger partial charge >= 0.3 is 0 Å². The van der Waals surface area contributed by atoms with Crippen LogP contribution in [0.3, 0.4) is 0 Å². The molecule has 1 amide bonds. The summed E-state index contributed by atoms with van der Waals surface area (Å²) in [7, 11) is 0. The molecule has 1 heterocycles. The van der Waals surface area contributed by atoms with Crippen molar-refractivity contribution in [1.82, 2.24) is 10.5 Å². The van der Waals surface area contributed by atoms with Crippen LogP contribution in [-0.2, 0) is 4.79 Å². The first-order valence-electron chi connectivity index (χ1n) is 7.79. The summed E-state index contributed by atoms with van der Waals surface area (Å²) in [6, 6.07) is -0.0734. The second-order valence-electron chi connectivity index (χ2n) is 6.15. The third-order valence-corrected chi connectivity index (χ3v) is 4.12. The SMILES string of the molecule is Cc1noc(C)c1C(C)NC(=O)CCC(CCN)C(C)C. The van der Waals surface area contributed by atoms with Gasteiger partial charge in [-0.25, -0.2) is 0 Å². The summed E-state index contributed by atoms with van der Waals surface area (Å²) in [6.45, 7) is 10.8. The maximum absolute atomic E-state index is 12.1. The lowest BCUT2D eigenvalue weighted by Crippen LogP contribution is -2.28. The van der Waals surface area contributed by atoms with Crippen molar-refractivity contribution < 1.29 is 9.32 Å². The average Bonchev–Trinajstić information content (AvgIpc) is 2.73. The second-order valence-corrected chi connectivity index (χ2v) is 6.15. The summed E-state index contributed by atoms with van der Waals surface area (Å²) in [5, 5.41) is 6.96. The molecule has 0 spiro atoms. The quantitative estimate of drug-likeness (QED) is 0.772. The van der Waals surface area contributed by atoms with E-state index in [0.29, 0.717) is 24.8 Å². The minimum atomic E-state index is -0.0734. The van der Waals surface area contributed by atoms with E-state index in [1.807, 2.05) is 20.8 Å². The minimum Gasteiger partial charge on any atom is -0.361 e. The summed E-state index contributed by atoms with van der Waals surface area (Å²) < 4.78 is 5.14. The van der Waals surface area contributed by atoms with Gasteiger partial charge in [-0.3, -0.25) is 4.79 Å². The molecule has 0 saturated carbocycles. The summed E-state index contributed by atoms with van der Waals surface area (Å²) >= 11 is 0. The predicted octanol–water partition coefficient (Wildman–Crippen LogP) is 2.87. The Bertz CT molecular complexity index is 435. The molecule has 1 rings (SSSR count). The van der Waals surface area contributed by atoms with E-state index in [1.54, 1.807) is 0 Å². The zero-order valence-electron chi connectivity index (χ0n) is 13.9. The third-order valence-electron chi connectivity index (χ3n) is 4.12. The number of nitrogens with zero attached hydrogens (tertiary/aromatic N) is 1. The molecular weight excluding hydrogens is 266 g/mol. The monoisotopic (exact) mass is 295 g/mol. The van der Waals surface area contributed by atoms with E-state index in [4.69, 9.17) is 10.3 Å². The Morgan fingerprint density at radius 1 is 1.29 bits per heavy atom. The molecule has 0 saturated heterocycles. The van der Waals surface area contributed by atoms with Gasteiger partial charge in [-0.2, -0.15) is 0 Å². The van der Waals surface area contributed by atoms with Crippen LogP contribution in [0.2, 0.25) is 0 Å². The summed E-state index contributed by atoms with van der Waals surface area (Å²) in [5.74, 6) is 1.91. The zero-order valence-corrected chi connectivity index (χ0v) is 13.9. The Balaban J connectivity index is 2.50. The molecule has 5 heteroatoms. The van der Waals surface area contributed by atoms with E-state index in [0.717, 1.165) is 29.9 Å². The molecule has 1 aromatic rings. The van der Waals surface area contributed by atoms with E-state index in [2.05, 4.69) is 24.3 Å². The molecule has 0 fully saturated rings. The van der Waals surface area contributed by atoms with Gasteiger partial charge in [-0.15, -0.1) is 0 Å². The maximum Gasteiger partial charge on any atom is 0.220 e. The van der Waals surface area contributed by atoms with Crippen molar-refractivity contribution in [2.75, 3.05) is 6.54 Å². The highest BCUT2D eigenvalue weighted by Crippen LogP contribution is 2.23. The highest BCUT2D eigenvalue weighted by Gasteiger charge is 2.19. The molecule has 120 valence electrons. The Morgan fingerprint density at radius 2 is 1.95 bits per heavy atom. The Morgan fingerprint density at radius 3 is 2.43 bits per heavy atom. The van der Waals surface area contributed by atoms with E-state index in [9.17, 15) is 4.79 Å². The van der Waals surface area contributed by atoms with E-state index < -0.39 is 0 Å². The number of hydrogen-bond acceptors (Lipinski definition) is 4. The molecule has 2 atom stereocenters. The van der Waals surface area contributed by atoms with Crippen molar-refractivity contribution in [3.8, 4) is 0 Å². The molecule has 5 nitrogen and oxygen atoms in total. The molecular formula is C16H29N3O2. The first-order valence-corrected chi connectivity index (χ1v) is 7.79. The van der Waals surface area contributed by atoms with Gasteiger partial charge in [0.15, 0.2) is 0 Å². The number of rotatable bonds is 8. The number of amides is 1. The van der Waals surface area contributed by atoms with E-state index in [-0.39, 0.29) is 11.9 Å². The van der Waals surface area contributed by atoms with Crippen LogP contribution in [0, 0.1) is 25.7 Å². The van der Waals surface area contributed by atoms with Gasteiger partial charge in [-0.05, 0) is 52.0 Å². The van der Waals surface area contributed by atoms with Crippen LogP contribution in [0.25, 0.3) is 0 Å². The second kappa shape index (κ2) is 8.17. The van der Waals surface area contributed by atoms with Gasteiger partial charge in [0.1, 0.15) is 5.76 Å². The molecule has 0 aliphatic carbocycles. The van der Waals surface area contributed by atoms with Crippen LogP contribution in [0.4, 0.5) is 0 Å². The molecule has 0 aliphatic rings. The Labute approximate surface area is 127 Å². The maximum atomic E-state index is 12.1. The molecule has 2 unspecified atom stereocenters. The standard InChI is InChI=1S/C16H29N3O2/c1-10(2)14(8-9-17)6-7-15(20)18-11(3)16-12(4)19-21-13(16)5/h10-11,14H,6-9,17H2,1-5H3,(H,18,20). The van der Waals surface area contributed by atoms with Gasteiger partial charge in [0.05, 0.1) is 11.7 Å². The topological polar surface area (TPSA) is 81.2 Å². The number of aromatic nitrogens is 1. The largest absolute Gasteiger partial charge is 0.361 e. The summed E-state index contributed by atoms with van der Waals surface area (Å²) in [4.78, 5) is 12.1. The fraction of sp³-hybridized carbons (Fsp3) is 0.750. The number of hydrogen-bond donors (Lipinski definition) is 2. The van der Waals surface area contributed by atoms with Gasteiger partial charge in [0.2, 0.25) is 5.91 Å². The first-order chi connectivity index (χ1) is 9.86. The predicted molar refractivity (Wildman–Crippen MR) is 83.8 cm³/mol. The molecule has 0 aromatic carbocycles.